The zero-order valence-corrected chi connectivity index (χ0v) is 8.95. The lowest BCUT2D eigenvalue weighted by atomic mass is 10.3. The van der Waals surface area contributed by atoms with E-state index in [-0.39, 0.29) is 12.4 Å². The smallest absolute Gasteiger partial charge is 0.183 e. The standard InChI is InChI=1S/C11H15NO3/c1-12-7-9(13)8-15-11-5-3-10(14-2)4-6-11/h3-6,12H,7-8H2,1-2H3. The molecule has 0 aromatic heterocycles. The van der Waals surface area contributed by atoms with Gasteiger partial charge in [0.25, 0.3) is 0 Å². The van der Waals surface area contributed by atoms with Crippen LogP contribution in [-0.4, -0.2) is 33.1 Å². The maximum Gasteiger partial charge on any atom is 0.183 e. The molecule has 0 atom stereocenters. The van der Waals surface area contributed by atoms with Crippen LogP contribution in [0.3, 0.4) is 0 Å². The number of methoxy groups -OCH3 is 1. The Morgan fingerprint density at radius 2 is 1.87 bits per heavy atom. The molecule has 1 aromatic rings. The molecule has 0 aliphatic carbocycles. The molecule has 0 radical (unpaired) electrons. The quantitative estimate of drug-likeness (QED) is 0.755. The number of benzene rings is 1. The summed E-state index contributed by atoms with van der Waals surface area (Å²) in [5, 5.41) is 2.77. The van der Waals surface area contributed by atoms with Crippen LogP contribution in [0.2, 0.25) is 0 Å². The zero-order chi connectivity index (χ0) is 11.1. The second-order valence-electron chi connectivity index (χ2n) is 3.03. The van der Waals surface area contributed by atoms with E-state index in [9.17, 15) is 4.79 Å². The van der Waals surface area contributed by atoms with Crippen molar-refractivity contribution in [3.63, 3.8) is 0 Å². The molecule has 1 rings (SSSR count). The van der Waals surface area contributed by atoms with Gasteiger partial charge in [-0.25, -0.2) is 0 Å². The number of carbonyl (C=O) groups excluding carboxylic acids is 1. The summed E-state index contributed by atoms with van der Waals surface area (Å²) in [6.07, 6.45) is 0. The SMILES string of the molecule is CNCC(=O)COc1ccc(OC)cc1. The van der Waals surface area contributed by atoms with Gasteiger partial charge < -0.3 is 14.8 Å². The minimum absolute atomic E-state index is 0.0216. The van der Waals surface area contributed by atoms with E-state index in [1.807, 2.05) is 0 Å². The monoisotopic (exact) mass is 209 g/mol. The van der Waals surface area contributed by atoms with Gasteiger partial charge in [0, 0.05) is 0 Å². The van der Waals surface area contributed by atoms with Crippen molar-refractivity contribution in [1.29, 1.82) is 0 Å². The largest absolute Gasteiger partial charge is 0.497 e. The maximum absolute atomic E-state index is 11.1. The first-order valence-electron chi connectivity index (χ1n) is 4.69. The van der Waals surface area contributed by atoms with Crippen molar-refractivity contribution < 1.29 is 14.3 Å². The van der Waals surface area contributed by atoms with Gasteiger partial charge in [0.1, 0.15) is 18.1 Å². The fourth-order valence-electron chi connectivity index (χ4n) is 1.08. The van der Waals surface area contributed by atoms with Gasteiger partial charge in [-0.15, -0.1) is 0 Å². The van der Waals surface area contributed by atoms with Gasteiger partial charge in [-0.05, 0) is 31.3 Å². The van der Waals surface area contributed by atoms with E-state index in [4.69, 9.17) is 9.47 Å². The molecule has 15 heavy (non-hydrogen) atoms. The molecule has 4 nitrogen and oxygen atoms in total. The van der Waals surface area contributed by atoms with Gasteiger partial charge in [-0.2, -0.15) is 0 Å². The molecule has 0 aliphatic heterocycles. The molecule has 0 saturated heterocycles. The molecule has 0 spiro atoms. The van der Waals surface area contributed by atoms with E-state index in [0.29, 0.717) is 12.3 Å². The molecular weight excluding hydrogens is 194 g/mol. The lowest BCUT2D eigenvalue weighted by molar-refractivity contribution is -0.120. The molecular formula is C11H15NO3. The van der Waals surface area contributed by atoms with Crippen molar-refractivity contribution in [2.75, 3.05) is 27.3 Å². The van der Waals surface area contributed by atoms with Crippen molar-refractivity contribution in [2.45, 2.75) is 0 Å². The van der Waals surface area contributed by atoms with Gasteiger partial charge in [-0.1, -0.05) is 0 Å². The molecule has 0 amide bonds. The second-order valence-corrected chi connectivity index (χ2v) is 3.03. The Morgan fingerprint density at radius 3 is 2.40 bits per heavy atom. The van der Waals surface area contributed by atoms with Crippen LogP contribution in [0.15, 0.2) is 24.3 Å². The highest BCUT2D eigenvalue weighted by Gasteiger charge is 2.01. The maximum atomic E-state index is 11.1. The molecule has 4 heteroatoms. The number of carbonyl (C=O) groups is 1. The Morgan fingerprint density at radius 1 is 1.27 bits per heavy atom. The first kappa shape index (κ1) is 11.5. The normalized spacial score (nSPS) is 9.73. The van der Waals surface area contributed by atoms with E-state index in [2.05, 4.69) is 5.32 Å². The van der Waals surface area contributed by atoms with E-state index in [1.54, 1.807) is 38.4 Å². The minimum atomic E-state index is 0.0216. The number of Topliss-reactive ketones (excluding diaryl/α,β-unsaturated/α-hetero) is 1. The number of hydrogen-bond acceptors (Lipinski definition) is 4. The highest BCUT2D eigenvalue weighted by atomic mass is 16.5. The van der Waals surface area contributed by atoms with Gasteiger partial charge >= 0.3 is 0 Å². The van der Waals surface area contributed by atoms with Crippen molar-refractivity contribution in [1.82, 2.24) is 5.32 Å². The molecule has 82 valence electrons. The molecule has 0 bridgehead atoms. The van der Waals surface area contributed by atoms with Crippen LogP contribution in [0.5, 0.6) is 11.5 Å². The summed E-state index contributed by atoms with van der Waals surface area (Å²) in [5.74, 6) is 1.46. The Bertz CT molecular complexity index is 308. The average molecular weight is 209 g/mol. The van der Waals surface area contributed by atoms with E-state index < -0.39 is 0 Å². The summed E-state index contributed by atoms with van der Waals surface area (Å²) in [4.78, 5) is 11.1. The number of ketones is 1. The Kier molecular flexibility index (Phi) is 4.63. The van der Waals surface area contributed by atoms with Crippen LogP contribution in [0.1, 0.15) is 0 Å². The van der Waals surface area contributed by atoms with Gasteiger partial charge in [0.2, 0.25) is 0 Å². The number of hydrogen-bond donors (Lipinski definition) is 1. The lowest BCUT2D eigenvalue weighted by Gasteiger charge is -2.05. The number of nitrogens with one attached hydrogen (secondary N) is 1. The predicted octanol–water partition coefficient (Wildman–Crippen LogP) is 0.862. The van der Waals surface area contributed by atoms with E-state index in [1.165, 1.54) is 0 Å². The number of likely N-dealkylation sites (N-methyl/N-ethyl adjacent to an activating group) is 1. The van der Waals surface area contributed by atoms with Crippen molar-refractivity contribution in [2.24, 2.45) is 0 Å². The van der Waals surface area contributed by atoms with Gasteiger partial charge in [-0.3, -0.25) is 4.79 Å². The summed E-state index contributed by atoms with van der Waals surface area (Å²) in [6, 6.07) is 7.12. The summed E-state index contributed by atoms with van der Waals surface area (Å²) in [5.41, 5.74) is 0. The molecule has 0 saturated carbocycles. The number of ether oxygens (including phenoxy) is 2. The average Bonchev–Trinajstić information content (AvgIpc) is 2.27. The van der Waals surface area contributed by atoms with Crippen LogP contribution in [0.25, 0.3) is 0 Å². The topological polar surface area (TPSA) is 47.6 Å². The highest BCUT2D eigenvalue weighted by molar-refractivity contribution is 5.81. The summed E-state index contributed by atoms with van der Waals surface area (Å²) >= 11 is 0. The van der Waals surface area contributed by atoms with Crippen LogP contribution in [0.4, 0.5) is 0 Å². The van der Waals surface area contributed by atoms with Crippen LogP contribution in [0, 0.1) is 0 Å². The molecule has 0 heterocycles. The predicted molar refractivity (Wildman–Crippen MR) is 57.4 cm³/mol. The van der Waals surface area contributed by atoms with Gasteiger partial charge in [0.05, 0.1) is 13.7 Å². The van der Waals surface area contributed by atoms with Crippen molar-refractivity contribution in [3.05, 3.63) is 24.3 Å². The van der Waals surface area contributed by atoms with E-state index >= 15 is 0 Å². The lowest BCUT2D eigenvalue weighted by Crippen LogP contribution is -2.23. The highest BCUT2D eigenvalue weighted by Crippen LogP contribution is 2.16. The summed E-state index contributed by atoms with van der Waals surface area (Å²) in [6.45, 7) is 0.420. The first-order valence-corrected chi connectivity index (χ1v) is 4.69. The molecule has 1 N–H and O–H groups in total. The Balaban J connectivity index is 2.40. The van der Waals surface area contributed by atoms with Crippen LogP contribution in [-0.2, 0) is 4.79 Å². The van der Waals surface area contributed by atoms with Crippen LogP contribution >= 0.6 is 0 Å². The van der Waals surface area contributed by atoms with Crippen LogP contribution < -0.4 is 14.8 Å². The Labute approximate surface area is 89.2 Å². The zero-order valence-electron chi connectivity index (χ0n) is 8.95. The summed E-state index contributed by atoms with van der Waals surface area (Å²) < 4.78 is 10.3. The molecule has 0 unspecified atom stereocenters. The third kappa shape index (κ3) is 3.99. The fraction of sp³-hybridized carbons (Fsp3) is 0.364. The number of rotatable bonds is 6. The summed E-state index contributed by atoms with van der Waals surface area (Å²) in [7, 11) is 3.33. The first-order chi connectivity index (χ1) is 7.26. The molecule has 0 fully saturated rings. The van der Waals surface area contributed by atoms with Crippen molar-refractivity contribution in [3.8, 4) is 11.5 Å². The molecule has 0 aliphatic rings. The third-order valence-electron chi connectivity index (χ3n) is 1.83. The molecule has 1 aromatic carbocycles. The Hall–Kier alpha value is -1.55. The van der Waals surface area contributed by atoms with E-state index in [0.717, 1.165) is 5.75 Å². The van der Waals surface area contributed by atoms with Gasteiger partial charge in [0.15, 0.2) is 5.78 Å². The minimum Gasteiger partial charge on any atom is -0.497 e. The fourth-order valence-corrected chi connectivity index (χ4v) is 1.08. The van der Waals surface area contributed by atoms with Crippen molar-refractivity contribution >= 4 is 5.78 Å². The third-order valence-corrected chi connectivity index (χ3v) is 1.83. The second kappa shape index (κ2) is 6.03.